The molecule has 88 valence electrons. The van der Waals surface area contributed by atoms with E-state index in [1.807, 2.05) is 0 Å². The number of rotatable bonds is 2. The average molecular weight is 244 g/mol. The van der Waals surface area contributed by atoms with E-state index in [0.717, 1.165) is 0 Å². The summed E-state index contributed by atoms with van der Waals surface area (Å²) < 4.78 is 24.0. The number of carbonyl (C=O) groups excluding carboxylic acids is 1. The number of nitrogen functional groups attached to an aromatic ring is 1. The molecule has 1 atom stereocenters. The van der Waals surface area contributed by atoms with Crippen molar-refractivity contribution >= 4 is 21.6 Å². The maximum atomic E-state index is 11.3. The summed E-state index contributed by atoms with van der Waals surface area (Å²) in [4.78, 5) is 10.9. The molecule has 1 aromatic heterocycles. The van der Waals surface area contributed by atoms with Crippen molar-refractivity contribution in [3.63, 3.8) is 0 Å². The molecule has 8 heteroatoms. The van der Waals surface area contributed by atoms with Gasteiger partial charge >= 0.3 is 0 Å². The van der Waals surface area contributed by atoms with Crippen molar-refractivity contribution in [2.75, 3.05) is 17.2 Å². The molecule has 2 rings (SSSR count). The molecule has 1 fully saturated rings. The first kappa shape index (κ1) is 10.9. The van der Waals surface area contributed by atoms with Crippen LogP contribution in [0.5, 0.6) is 0 Å². The summed E-state index contributed by atoms with van der Waals surface area (Å²) in [6.45, 7) is 0. The van der Waals surface area contributed by atoms with Crippen LogP contribution >= 0.6 is 0 Å². The van der Waals surface area contributed by atoms with E-state index in [2.05, 4.69) is 5.10 Å². The SMILES string of the molecule is NC(=O)c1cn(C2CCS(=O)(=O)C2)nc1N. The second kappa shape index (κ2) is 3.48. The monoisotopic (exact) mass is 244 g/mol. The van der Waals surface area contributed by atoms with E-state index in [0.29, 0.717) is 6.42 Å². The van der Waals surface area contributed by atoms with Gasteiger partial charge in [0.1, 0.15) is 5.56 Å². The van der Waals surface area contributed by atoms with Gasteiger partial charge in [0.15, 0.2) is 15.7 Å². The van der Waals surface area contributed by atoms with Crippen LogP contribution in [0, 0.1) is 0 Å². The predicted octanol–water partition coefficient (Wildman–Crippen LogP) is -1.08. The predicted molar refractivity (Wildman–Crippen MR) is 57.5 cm³/mol. The Kier molecular flexibility index (Phi) is 2.38. The van der Waals surface area contributed by atoms with Crippen molar-refractivity contribution in [3.8, 4) is 0 Å². The number of anilines is 1. The fourth-order valence-corrected chi connectivity index (χ4v) is 3.47. The lowest BCUT2D eigenvalue weighted by Gasteiger charge is -2.06. The Morgan fingerprint density at radius 2 is 2.25 bits per heavy atom. The molecule has 7 nitrogen and oxygen atoms in total. The highest BCUT2D eigenvalue weighted by Crippen LogP contribution is 2.24. The van der Waals surface area contributed by atoms with Crippen molar-refractivity contribution in [3.05, 3.63) is 11.8 Å². The van der Waals surface area contributed by atoms with Crippen LogP contribution in [0.1, 0.15) is 22.8 Å². The van der Waals surface area contributed by atoms with Crippen LogP contribution in [0.4, 0.5) is 5.82 Å². The molecule has 0 aliphatic carbocycles. The molecule has 0 radical (unpaired) electrons. The lowest BCUT2D eigenvalue weighted by Crippen LogP contribution is -2.12. The van der Waals surface area contributed by atoms with Crippen LogP contribution in [-0.2, 0) is 9.84 Å². The maximum absolute atomic E-state index is 11.3. The van der Waals surface area contributed by atoms with Gasteiger partial charge in [0.05, 0.1) is 17.5 Å². The zero-order valence-electron chi connectivity index (χ0n) is 8.46. The first-order valence-electron chi connectivity index (χ1n) is 4.74. The largest absolute Gasteiger partial charge is 0.382 e. The van der Waals surface area contributed by atoms with Gasteiger partial charge in [-0.05, 0) is 6.42 Å². The van der Waals surface area contributed by atoms with Gasteiger partial charge in [-0.2, -0.15) is 5.10 Å². The summed E-state index contributed by atoms with van der Waals surface area (Å²) >= 11 is 0. The molecule has 0 saturated carbocycles. The molecule has 0 aromatic carbocycles. The Bertz CT molecular complexity index is 533. The highest BCUT2D eigenvalue weighted by atomic mass is 32.2. The molecule has 0 spiro atoms. The van der Waals surface area contributed by atoms with Crippen molar-refractivity contribution in [1.29, 1.82) is 0 Å². The molecular weight excluding hydrogens is 232 g/mol. The number of carbonyl (C=O) groups is 1. The van der Waals surface area contributed by atoms with Crippen LogP contribution in [0.15, 0.2) is 6.20 Å². The van der Waals surface area contributed by atoms with Crippen LogP contribution in [0.2, 0.25) is 0 Å². The number of sulfone groups is 1. The Morgan fingerprint density at radius 1 is 1.56 bits per heavy atom. The molecule has 1 saturated heterocycles. The van der Waals surface area contributed by atoms with Gasteiger partial charge in [0, 0.05) is 6.20 Å². The fourth-order valence-electron chi connectivity index (χ4n) is 1.77. The Labute approximate surface area is 92.3 Å². The van der Waals surface area contributed by atoms with E-state index in [1.165, 1.54) is 10.9 Å². The van der Waals surface area contributed by atoms with Gasteiger partial charge in [-0.15, -0.1) is 0 Å². The molecular formula is C8H12N4O3S. The smallest absolute Gasteiger partial charge is 0.254 e. The van der Waals surface area contributed by atoms with Gasteiger partial charge < -0.3 is 11.5 Å². The number of nitrogens with two attached hydrogens (primary N) is 2. The van der Waals surface area contributed by atoms with E-state index in [9.17, 15) is 13.2 Å². The summed E-state index contributed by atoms with van der Waals surface area (Å²) in [7, 11) is -2.99. The zero-order valence-corrected chi connectivity index (χ0v) is 9.27. The molecule has 1 aliphatic heterocycles. The number of amides is 1. The molecule has 16 heavy (non-hydrogen) atoms. The van der Waals surface area contributed by atoms with Gasteiger partial charge in [-0.1, -0.05) is 0 Å². The van der Waals surface area contributed by atoms with E-state index in [-0.39, 0.29) is 28.9 Å². The standard InChI is InChI=1S/C8H12N4O3S/c9-7-6(8(10)13)3-12(11-7)5-1-2-16(14,15)4-5/h3,5H,1-2,4H2,(H2,9,11)(H2,10,13). The number of primary amides is 1. The molecule has 1 amide bonds. The normalized spacial score (nSPS) is 23.4. The third-order valence-corrected chi connectivity index (χ3v) is 4.36. The van der Waals surface area contributed by atoms with Crippen molar-refractivity contribution in [1.82, 2.24) is 9.78 Å². The zero-order chi connectivity index (χ0) is 11.9. The number of hydrogen-bond donors (Lipinski definition) is 2. The summed E-state index contributed by atoms with van der Waals surface area (Å²) in [6, 6.07) is -0.250. The summed E-state index contributed by atoms with van der Waals surface area (Å²) in [5.74, 6) is -0.447. The third-order valence-electron chi connectivity index (χ3n) is 2.61. The molecule has 2 heterocycles. The highest BCUT2D eigenvalue weighted by molar-refractivity contribution is 7.91. The van der Waals surface area contributed by atoms with E-state index >= 15 is 0 Å². The minimum atomic E-state index is -2.99. The first-order chi connectivity index (χ1) is 7.39. The highest BCUT2D eigenvalue weighted by Gasteiger charge is 2.30. The van der Waals surface area contributed by atoms with Gasteiger partial charge in [-0.3, -0.25) is 9.48 Å². The summed E-state index contributed by atoms with van der Waals surface area (Å²) in [5, 5.41) is 3.91. The van der Waals surface area contributed by atoms with Crippen molar-refractivity contribution < 1.29 is 13.2 Å². The fraction of sp³-hybridized carbons (Fsp3) is 0.500. The van der Waals surface area contributed by atoms with Gasteiger partial charge in [0.2, 0.25) is 0 Å². The van der Waals surface area contributed by atoms with Crippen LogP contribution in [0.3, 0.4) is 0 Å². The number of aromatic nitrogens is 2. The van der Waals surface area contributed by atoms with Crippen LogP contribution in [0.25, 0.3) is 0 Å². The van der Waals surface area contributed by atoms with E-state index in [4.69, 9.17) is 11.5 Å². The minimum Gasteiger partial charge on any atom is -0.382 e. The number of nitrogens with zero attached hydrogens (tertiary/aromatic N) is 2. The Balaban J connectivity index is 2.30. The first-order valence-corrected chi connectivity index (χ1v) is 6.56. The Morgan fingerprint density at radius 3 is 2.69 bits per heavy atom. The second-order valence-corrected chi connectivity index (χ2v) is 6.06. The quantitative estimate of drug-likeness (QED) is 0.685. The van der Waals surface area contributed by atoms with Crippen molar-refractivity contribution in [2.24, 2.45) is 5.73 Å². The molecule has 4 N–H and O–H groups in total. The topological polar surface area (TPSA) is 121 Å². The van der Waals surface area contributed by atoms with Crippen molar-refractivity contribution in [2.45, 2.75) is 12.5 Å². The summed E-state index contributed by atoms with van der Waals surface area (Å²) in [5.41, 5.74) is 10.7. The third kappa shape index (κ3) is 1.87. The lowest BCUT2D eigenvalue weighted by atomic mass is 10.2. The molecule has 0 bridgehead atoms. The Hall–Kier alpha value is -1.57. The average Bonchev–Trinajstić information content (AvgIpc) is 2.69. The lowest BCUT2D eigenvalue weighted by molar-refractivity contribution is 0.100. The van der Waals surface area contributed by atoms with Crippen LogP contribution in [-0.4, -0.2) is 35.6 Å². The summed E-state index contributed by atoms with van der Waals surface area (Å²) in [6.07, 6.45) is 1.89. The van der Waals surface area contributed by atoms with Gasteiger partial charge in [0.25, 0.3) is 5.91 Å². The maximum Gasteiger partial charge on any atom is 0.254 e. The molecule has 1 unspecified atom stereocenters. The van der Waals surface area contributed by atoms with Gasteiger partial charge in [-0.25, -0.2) is 8.42 Å². The van der Waals surface area contributed by atoms with E-state index < -0.39 is 15.7 Å². The van der Waals surface area contributed by atoms with Crippen LogP contribution < -0.4 is 11.5 Å². The van der Waals surface area contributed by atoms with E-state index in [1.54, 1.807) is 0 Å². The number of hydrogen-bond acceptors (Lipinski definition) is 5. The molecule has 1 aromatic rings. The minimum absolute atomic E-state index is 0.0340. The molecule has 1 aliphatic rings. The second-order valence-electron chi connectivity index (χ2n) is 3.83.